The summed E-state index contributed by atoms with van der Waals surface area (Å²) in [5.41, 5.74) is 4.28. The van der Waals surface area contributed by atoms with E-state index in [0.29, 0.717) is 22.7 Å². The van der Waals surface area contributed by atoms with Gasteiger partial charge in [-0.15, -0.1) is 0 Å². The number of hydrogen-bond acceptors (Lipinski definition) is 5. The van der Waals surface area contributed by atoms with Crippen molar-refractivity contribution in [2.24, 2.45) is 5.92 Å². The standard InChI is InChI=1S/C20H22ClN7/c1-12(2)10-27-11-22-17-18(23-16-7-5-15(21)6-8-16)24-20(25-19(17)27)28-14(4)9-13(3)26-28/h5-9,11-12H,10H2,1-4H3,(H,23,24,25). The molecule has 0 saturated carbocycles. The molecule has 1 aromatic carbocycles. The Hall–Kier alpha value is -2.93. The number of anilines is 2. The van der Waals surface area contributed by atoms with Crippen molar-refractivity contribution in [2.45, 2.75) is 34.2 Å². The number of imidazole rings is 1. The predicted molar refractivity (Wildman–Crippen MR) is 111 cm³/mol. The number of hydrogen-bond donors (Lipinski definition) is 1. The van der Waals surface area contributed by atoms with Crippen LogP contribution in [0.3, 0.4) is 0 Å². The Bertz CT molecular complexity index is 1130. The Labute approximate surface area is 168 Å². The Balaban J connectivity index is 1.87. The summed E-state index contributed by atoms with van der Waals surface area (Å²) in [5, 5.41) is 8.57. The van der Waals surface area contributed by atoms with E-state index in [1.807, 2.05) is 50.5 Å². The van der Waals surface area contributed by atoms with Crippen LogP contribution in [0.4, 0.5) is 11.5 Å². The van der Waals surface area contributed by atoms with Crippen LogP contribution in [0.25, 0.3) is 17.1 Å². The second kappa shape index (κ2) is 7.24. The van der Waals surface area contributed by atoms with Gasteiger partial charge in [-0.1, -0.05) is 25.4 Å². The van der Waals surface area contributed by atoms with Crippen LogP contribution in [-0.4, -0.2) is 29.3 Å². The number of rotatable bonds is 5. The lowest BCUT2D eigenvalue weighted by Crippen LogP contribution is -2.10. The monoisotopic (exact) mass is 395 g/mol. The van der Waals surface area contributed by atoms with Gasteiger partial charge in [0.1, 0.15) is 0 Å². The van der Waals surface area contributed by atoms with Crippen molar-refractivity contribution >= 4 is 34.3 Å². The maximum absolute atomic E-state index is 6.01. The van der Waals surface area contributed by atoms with Crippen molar-refractivity contribution in [3.8, 4) is 5.95 Å². The number of halogens is 1. The summed E-state index contributed by atoms with van der Waals surface area (Å²) in [6.07, 6.45) is 1.82. The van der Waals surface area contributed by atoms with Gasteiger partial charge in [0.15, 0.2) is 17.0 Å². The molecule has 0 aliphatic heterocycles. The molecule has 0 fully saturated rings. The Kier molecular flexibility index (Phi) is 4.77. The average molecular weight is 396 g/mol. The minimum absolute atomic E-state index is 0.470. The Morgan fingerprint density at radius 2 is 1.86 bits per heavy atom. The van der Waals surface area contributed by atoms with E-state index in [-0.39, 0.29) is 0 Å². The number of fused-ring (bicyclic) bond motifs is 1. The van der Waals surface area contributed by atoms with Crippen molar-refractivity contribution < 1.29 is 0 Å². The molecule has 144 valence electrons. The van der Waals surface area contributed by atoms with Crippen molar-refractivity contribution in [3.63, 3.8) is 0 Å². The third-order valence-corrected chi connectivity index (χ3v) is 4.57. The van der Waals surface area contributed by atoms with E-state index in [9.17, 15) is 0 Å². The molecule has 0 atom stereocenters. The van der Waals surface area contributed by atoms with Crippen LogP contribution in [0, 0.1) is 19.8 Å². The van der Waals surface area contributed by atoms with Gasteiger partial charge in [-0.2, -0.15) is 15.1 Å². The highest BCUT2D eigenvalue weighted by Crippen LogP contribution is 2.25. The minimum atomic E-state index is 0.470. The molecule has 4 rings (SSSR count). The van der Waals surface area contributed by atoms with E-state index in [1.165, 1.54) is 0 Å². The lowest BCUT2D eigenvalue weighted by Gasteiger charge is -2.11. The molecule has 0 bridgehead atoms. The molecule has 1 N–H and O–H groups in total. The molecule has 28 heavy (non-hydrogen) atoms. The van der Waals surface area contributed by atoms with Gasteiger partial charge in [0.2, 0.25) is 0 Å². The second-order valence-electron chi connectivity index (χ2n) is 7.31. The molecule has 4 aromatic rings. The molecule has 0 radical (unpaired) electrons. The topological polar surface area (TPSA) is 73.5 Å². The summed E-state index contributed by atoms with van der Waals surface area (Å²) >= 11 is 6.01. The van der Waals surface area contributed by atoms with Crippen LogP contribution in [-0.2, 0) is 6.54 Å². The zero-order valence-corrected chi connectivity index (χ0v) is 17.1. The van der Waals surface area contributed by atoms with Gasteiger partial charge < -0.3 is 9.88 Å². The highest BCUT2D eigenvalue weighted by atomic mass is 35.5. The van der Waals surface area contributed by atoms with Crippen molar-refractivity contribution in [1.29, 1.82) is 0 Å². The third kappa shape index (κ3) is 3.57. The van der Waals surface area contributed by atoms with Crippen LogP contribution in [0.15, 0.2) is 36.7 Å². The summed E-state index contributed by atoms with van der Waals surface area (Å²) in [4.78, 5) is 14.1. The van der Waals surface area contributed by atoms with Gasteiger partial charge >= 0.3 is 0 Å². The van der Waals surface area contributed by atoms with Gasteiger partial charge in [0.05, 0.1) is 12.0 Å². The van der Waals surface area contributed by atoms with Gasteiger partial charge in [-0.05, 0) is 50.1 Å². The zero-order valence-electron chi connectivity index (χ0n) is 16.3. The molecule has 3 aromatic heterocycles. The van der Waals surface area contributed by atoms with E-state index < -0.39 is 0 Å². The van der Waals surface area contributed by atoms with Gasteiger partial charge in [0, 0.05) is 22.9 Å². The lowest BCUT2D eigenvalue weighted by atomic mass is 10.2. The van der Waals surface area contributed by atoms with Gasteiger partial charge in [-0.25, -0.2) is 9.67 Å². The first-order valence-corrected chi connectivity index (χ1v) is 9.57. The van der Waals surface area contributed by atoms with E-state index >= 15 is 0 Å². The first kappa shape index (κ1) is 18.4. The quantitative estimate of drug-likeness (QED) is 0.531. The first-order valence-electron chi connectivity index (χ1n) is 9.20. The van der Waals surface area contributed by atoms with Gasteiger partial charge in [-0.3, -0.25) is 0 Å². The largest absolute Gasteiger partial charge is 0.338 e. The molecule has 8 heteroatoms. The van der Waals surface area contributed by atoms with Gasteiger partial charge in [0.25, 0.3) is 5.95 Å². The fraction of sp³-hybridized carbons (Fsp3) is 0.300. The zero-order chi connectivity index (χ0) is 19.8. The SMILES string of the molecule is Cc1cc(C)n(-c2nc(Nc3ccc(Cl)cc3)c3ncn(CC(C)C)c3n2)n1. The fourth-order valence-electron chi connectivity index (χ4n) is 3.14. The van der Waals surface area contributed by atoms with Crippen molar-refractivity contribution in [1.82, 2.24) is 29.3 Å². The molecular formula is C20H22ClN7. The summed E-state index contributed by atoms with van der Waals surface area (Å²) < 4.78 is 3.82. The Morgan fingerprint density at radius 1 is 1.11 bits per heavy atom. The number of nitrogens with one attached hydrogen (secondary N) is 1. The summed E-state index contributed by atoms with van der Waals surface area (Å²) in [7, 11) is 0. The van der Waals surface area contributed by atoms with Crippen LogP contribution >= 0.6 is 11.6 Å². The molecule has 3 heterocycles. The Morgan fingerprint density at radius 3 is 2.50 bits per heavy atom. The molecule has 0 aliphatic carbocycles. The number of nitrogens with zero attached hydrogens (tertiary/aromatic N) is 6. The average Bonchev–Trinajstić information content (AvgIpc) is 3.19. The van der Waals surface area contributed by atoms with E-state index in [1.54, 1.807) is 4.68 Å². The number of benzene rings is 1. The van der Waals surface area contributed by atoms with Crippen LogP contribution in [0.2, 0.25) is 5.02 Å². The molecule has 0 saturated heterocycles. The molecule has 7 nitrogen and oxygen atoms in total. The third-order valence-electron chi connectivity index (χ3n) is 4.32. The predicted octanol–water partition coefficient (Wildman–Crippen LogP) is 4.68. The van der Waals surface area contributed by atoms with Crippen molar-refractivity contribution in [3.05, 3.63) is 53.1 Å². The molecular weight excluding hydrogens is 374 g/mol. The van der Waals surface area contributed by atoms with Crippen LogP contribution < -0.4 is 5.32 Å². The van der Waals surface area contributed by atoms with Crippen LogP contribution in [0.1, 0.15) is 25.2 Å². The smallest absolute Gasteiger partial charge is 0.254 e. The minimum Gasteiger partial charge on any atom is -0.338 e. The molecule has 0 unspecified atom stereocenters. The fourth-order valence-corrected chi connectivity index (χ4v) is 3.27. The normalized spacial score (nSPS) is 11.5. The van der Waals surface area contributed by atoms with Crippen molar-refractivity contribution in [2.75, 3.05) is 5.32 Å². The molecule has 0 aliphatic rings. The van der Waals surface area contributed by atoms with E-state index in [4.69, 9.17) is 21.6 Å². The van der Waals surface area contributed by atoms with Crippen LogP contribution in [0.5, 0.6) is 0 Å². The first-order chi connectivity index (χ1) is 13.4. The molecule has 0 spiro atoms. The summed E-state index contributed by atoms with van der Waals surface area (Å²) in [6.45, 7) is 9.11. The summed E-state index contributed by atoms with van der Waals surface area (Å²) in [6, 6.07) is 9.49. The molecule has 0 amide bonds. The maximum Gasteiger partial charge on any atom is 0.254 e. The highest BCUT2D eigenvalue weighted by molar-refractivity contribution is 6.30. The lowest BCUT2D eigenvalue weighted by molar-refractivity contribution is 0.530. The summed E-state index contributed by atoms with van der Waals surface area (Å²) in [5.74, 6) is 1.62. The van der Waals surface area contributed by atoms with E-state index in [2.05, 4.69) is 33.8 Å². The maximum atomic E-state index is 6.01. The number of aryl methyl sites for hydroxylation is 2. The highest BCUT2D eigenvalue weighted by Gasteiger charge is 2.17. The number of aromatic nitrogens is 6. The second-order valence-corrected chi connectivity index (χ2v) is 7.74. The van der Waals surface area contributed by atoms with E-state index in [0.717, 1.165) is 34.8 Å².